The van der Waals surface area contributed by atoms with Crippen molar-refractivity contribution in [2.24, 2.45) is 0 Å². The summed E-state index contributed by atoms with van der Waals surface area (Å²) in [6.07, 6.45) is -0.326. The molecule has 2 aromatic rings. The van der Waals surface area contributed by atoms with Crippen LogP contribution in [0.2, 0.25) is 0 Å². The number of para-hydroxylation sites is 2. The number of amides is 1. The molecule has 0 fully saturated rings. The molecule has 7 heteroatoms. The maximum atomic E-state index is 12.5. The zero-order valence-corrected chi connectivity index (χ0v) is 14.3. The number of anilines is 1. The van der Waals surface area contributed by atoms with Crippen LogP contribution in [0.1, 0.15) is 18.9 Å². The van der Waals surface area contributed by atoms with Crippen LogP contribution < -0.4 is 14.8 Å². The second-order valence-electron chi connectivity index (χ2n) is 5.36. The Balaban J connectivity index is 2.18. The first-order chi connectivity index (χ1) is 12.0. The van der Waals surface area contributed by atoms with Crippen molar-refractivity contribution in [2.75, 3.05) is 12.4 Å². The molecule has 0 aliphatic heterocycles. The molecule has 0 aromatic heterocycles. The maximum absolute atomic E-state index is 12.5. The molecule has 0 aliphatic carbocycles. The molecular weight excluding hydrogens is 324 g/mol. The van der Waals surface area contributed by atoms with Crippen LogP contribution >= 0.6 is 0 Å². The Bertz CT molecular complexity index is 776. The first-order valence-corrected chi connectivity index (χ1v) is 7.82. The molecule has 2 aromatic carbocycles. The van der Waals surface area contributed by atoms with Crippen LogP contribution in [0.15, 0.2) is 42.5 Å². The second kappa shape index (κ2) is 8.14. The van der Waals surface area contributed by atoms with Crippen LogP contribution in [-0.2, 0) is 4.79 Å². The first-order valence-electron chi connectivity index (χ1n) is 7.82. The Morgan fingerprint density at radius 1 is 1.20 bits per heavy atom. The van der Waals surface area contributed by atoms with Gasteiger partial charge in [-0.25, -0.2) is 0 Å². The molecule has 2 rings (SSSR count). The average molecular weight is 344 g/mol. The fourth-order valence-corrected chi connectivity index (χ4v) is 2.36. The highest BCUT2D eigenvalue weighted by Crippen LogP contribution is 2.28. The topological polar surface area (TPSA) is 90.7 Å². The molecule has 0 spiro atoms. The van der Waals surface area contributed by atoms with Crippen molar-refractivity contribution < 1.29 is 19.2 Å². The Morgan fingerprint density at radius 3 is 2.48 bits per heavy atom. The fraction of sp³-hybridized carbons (Fsp3) is 0.278. The molecule has 1 atom stereocenters. The summed E-state index contributed by atoms with van der Waals surface area (Å²) in [5.41, 5.74) is 0.741. The summed E-state index contributed by atoms with van der Waals surface area (Å²) in [5.74, 6) is 0.611. The van der Waals surface area contributed by atoms with Crippen LogP contribution in [0.25, 0.3) is 0 Å². The number of hydrogen-bond acceptors (Lipinski definition) is 5. The van der Waals surface area contributed by atoms with Gasteiger partial charge in [0.05, 0.1) is 23.3 Å². The SMILES string of the molecule is CCC(Oc1ccccc1OC)C(=O)Nc1cccc([N+](=O)[O-])c1C. The Labute approximate surface area is 145 Å². The third-order valence-electron chi connectivity index (χ3n) is 3.76. The lowest BCUT2D eigenvalue weighted by Crippen LogP contribution is -2.32. The number of carbonyl (C=O) groups is 1. The van der Waals surface area contributed by atoms with Gasteiger partial charge in [-0.1, -0.05) is 25.1 Å². The van der Waals surface area contributed by atoms with Crippen molar-refractivity contribution in [2.45, 2.75) is 26.4 Å². The van der Waals surface area contributed by atoms with E-state index in [-0.39, 0.29) is 11.6 Å². The number of nitrogens with zero attached hydrogens (tertiary/aromatic N) is 1. The van der Waals surface area contributed by atoms with E-state index in [4.69, 9.17) is 9.47 Å². The molecule has 0 bridgehead atoms. The van der Waals surface area contributed by atoms with E-state index in [0.717, 1.165) is 0 Å². The molecule has 1 amide bonds. The molecule has 0 aliphatic rings. The van der Waals surface area contributed by atoms with Crippen LogP contribution in [0.5, 0.6) is 11.5 Å². The first kappa shape index (κ1) is 18.3. The summed E-state index contributed by atoms with van der Waals surface area (Å²) in [4.78, 5) is 23.1. The van der Waals surface area contributed by atoms with Gasteiger partial charge in [-0.15, -0.1) is 0 Å². The molecule has 132 valence electrons. The van der Waals surface area contributed by atoms with Crippen molar-refractivity contribution in [1.29, 1.82) is 0 Å². The lowest BCUT2D eigenvalue weighted by molar-refractivity contribution is -0.385. The summed E-state index contributed by atoms with van der Waals surface area (Å²) in [6.45, 7) is 3.41. The van der Waals surface area contributed by atoms with Crippen molar-refractivity contribution in [1.82, 2.24) is 0 Å². The monoisotopic (exact) mass is 344 g/mol. The minimum atomic E-state index is -0.755. The summed E-state index contributed by atoms with van der Waals surface area (Å²) in [7, 11) is 1.52. The summed E-state index contributed by atoms with van der Waals surface area (Å²) in [5, 5.41) is 13.7. The van der Waals surface area contributed by atoms with E-state index in [1.165, 1.54) is 19.2 Å². The minimum absolute atomic E-state index is 0.0449. The number of methoxy groups -OCH3 is 1. The van der Waals surface area contributed by atoms with E-state index in [1.54, 1.807) is 37.3 Å². The molecule has 0 saturated carbocycles. The second-order valence-corrected chi connectivity index (χ2v) is 5.36. The van der Waals surface area contributed by atoms with Gasteiger partial charge in [-0.3, -0.25) is 14.9 Å². The van der Waals surface area contributed by atoms with Crippen LogP contribution in [0.3, 0.4) is 0 Å². The summed E-state index contributed by atoms with van der Waals surface area (Å²) in [6, 6.07) is 11.6. The molecule has 25 heavy (non-hydrogen) atoms. The molecule has 1 unspecified atom stereocenters. The lowest BCUT2D eigenvalue weighted by Gasteiger charge is -2.19. The van der Waals surface area contributed by atoms with E-state index in [9.17, 15) is 14.9 Å². The summed E-state index contributed by atoms with van der Waals surface area (Å²) < 4.78 is 11.0. The van der Waals surface area contributed by atoms with Crippen molar-refractivity contribution in [3.8, 4) is 11.5 Å². The highest BCUT2D eigenvalue weighted by Gasteiger charge is 2.22. The van der Waals surface area contributed by atoms with Crippen molar-refractivity contribution >= 4 is 17.3 Å². The van der Waals surface area contributed by atoms with E-state index < -0.39 is 11.0 Å². The quantitative estimate of drug-likeness (QED) is 0.611. The smallest absolute Gasteiger partial charge is 0.274 e. The van der Waals surface area contributed by atoms with Gasteiger partial charge in [0.25, 0.3) is 11.6 Å². The van der Waals surface area contributed by atoms with E-state index in [2.05, 4.69) is 5.32 Å². The number of hydrogen-bond donors (Lipinski definition) is 1. The Hall–Kier alpha value is -3.09. The number of nitrogens with one attached hydrogen (secondary N) is 1. The third-order valence-corrected chi connectivity index (χ3v) is 3.76. The Kier molecular flexibility index (Phi) is 5.94. The number of nitro groups is 1. The number of ether oxygens (including phenoxy) is 2. The van der Waals surface area contributed by atoms with Gasteiger partial charge in [0, 0.05) is 6.07 Å². The van der Waals surface area contributed by atoms with Crippen LogP contribution in [0.4, 0.5) is 11.4 Å². The molecular formula is C18H20N2O5. The number of nitro benzene ring substituents is 1. The average Bonchev–Trinajstić information content (AvgIpc) is 2.61. The van der Waals surface area contributed by atoms with Gasteiger partial charge in [0.15, 0.2) is 17.6 Å². The van der Waals surface area contributed by atoms with Crippen LogP contribution in [0, 0.1) is 17.0 Å². The highest BCUT2D eigenvalue weighted by molar-refractivity contribution is 5.95. The van der Waals surface area contributed by atoms with Gasteiger partial charge in [0.2, 0.25) is 0 Å². The zero-order valence-electron chi connectivity index (χ0n) is 14.3. The number of rotatable bonds is 7. The lowest BCUT2D eigenvalue weighted by atomic mass is 10.1. The Morgan fingerprint density at radius 2 is 1.88 bits per heavy atom. The molecule has 0 heterocycles. The third kappa shape index (κ3) is 4.26. The maximum Gasteiger partial charge on any atom is 0.274 e. The summed E-state index contributed by atoms with van der Waals surface area (Å²) >= 11 is 0. The van der Waals surface area contributed by atoms with Gasteiger partial charge < -0.3 is 14.8 Å². The van der Waals surface area contributed by atoms with Crippen molar-refractivity contribution in [3.05, 3.63) is 58.1 Å². The van der Waals surface area contributed by atoms with E-state index >= 15 is 0 Å². The molecule has 0 saturated heterocycles. The normalized spacial score (nSPS) is 11.5. The molecule has 1 N–H and O–H groups in total. The molecule has 7 nitrogen and oxygen atoms in total. The highest BCUT2D eigenvalue weighted by atomic mass is 16.6. The van der Waals surface area contributed by atoms with Crippen LogP contribution in [-0.4, -0.2) is 24.0 Å². The fourth-order valence-electron chi connectivity index (χ4n) is 2.36. The number of carbonyl (C=O) groups excluding carboxylic acids is 1. The van der Waals surface area contributed by atoms with Gasteiger partial charge in [0.1, 0.15) is 0 Å². The van der Waals surface area contributed by atoms with Gasteiger partial charge >= 0.3 is 0 Å². The van der Waals surface area contributed by atoms with E-state index in [1.807, 2.05) is 6.92 Å². The van der Waals surface area contributed by atoms with Gasteiger partial charge in [-0.05, 0) is 31.5 Å². The van der Waals surface area contributed by atoms with Crippen molar-refractivity contribution in [3.63, 3.8) is 0 Å². The minimum Gasteiger partial charge on any atom is -0.493 e. The zero-order chi connectivity index (χ0) is 18.4. The predicted octanol–water partition coefficient (Wildman–Crippen LogP) is 3.71. The standard InChI is InChI=1S/C18H20N2O5/c1-4-15(25-17-11-6-5-10-16(17)24-3)18(21)19-13-8-7-9-14(12(13)2)20(22)23/h5-11,15H,4H2,1-3H3,(H,19,21). The number of benzene rings is 2. The van der Waals surface area contributed by atoms with E-state index in [0.29, 0.717) is 29.2 Å². The molecule has 0 radical (unpaired) electrons. The largest absolute Gasteiger partial charge is 0.493 e. The predicted molar refractivity (Wildman–Crippen MR) is 94.2 cm³/mol. The van der Waals surface area contributed by atoms with Gasteiger partial charge in [-0.2, -0.15) is 0 Å².